The number of imidazole rings is 1. The van der Waals surface area contributed by atoms with Crippen LogP contribution in [-0.2, 0) is 4.74 Å². The summed E-state index contributed by atoms with van der Waals surface area (Å²) < 4.78 is 8.11. The van der Waals surface area contributed by atoms with E-state index in [-0.39, 0.29) is 0 Å². The number of likely N-dealkylation sites (tertiary alicyclic amines) is 1. The van der Waals surface area contributed by atoms with Gasteiger partial charge in [-0.1, -0.05) is 6.42 Å². The molecule has 0 aliphatic carbocycles. The Balaban J connectivity index is 1.81. The summed E-state index contributed by atoms with van der Waals surface area (Å²) >= 11 is 0. The molecule has 2 aromatic rings. The summed E-state index contributed by atoms with van der Waals surface area (Å²) in [5, 5.41) is 0. The Morgan fingerprint density at radius 3 is 3.00 bits per heavy atom. The first-order valence-corrected chi connectivity index (χ1v) is 8.45. The topological polar surface area (TPSA) is 43.2 Å². The molecule has 2 saturated heterocycles. The number of ether oxygens (including phenoxy) is 1. The second-order valence-corrected chi connectivity index (χ2v) is 6.55. The summed E-state index contributed by atoms with van der Waals surface area (Å²) in [6, 6.07) is 4.84. The first-order valence-electron chi connectivity index (χ1n) is 8.45. The van der Waals surface area contributed by atoms with Crippen LogP contribution >= 0.6 is 0 Å². The Morgan fingerprint density at radius 1 is 1.23 bits per heavy atom. The van der Waals surface area contributed by atoms with Crippen molar-refractivity contribution in [3.05, 3.63) is 24.2 Å². The van der Waals surface area contributed by atoms with Gasteiger partial charge in [-0.25, -0.2) is 9.97 Å². The maximum absolute atomic E-state index is 5.73. The van der Waals surface area contributed by atoms with E-state index in [2.05, 4.69) is 27.6 Å². The standard InChI is InChI=1S/C17H24N4O/c1-20-10-3-2-8-15(20)17-19-14-7-4-9-18-16(14)21(17)13-6-5-11-22-12-13/h4,7,9,13,15H,2-3,5-6,8,10-12H2,1H3. The number of hydrogen-bond acceptors (Lipinski definition) is 4. The normalized spacial score (nSPS) is 27.3. The van der Waals surface area contributed by atoms with E-state index in [1.54, 1.807) is 0 Å². The van der Waals surface area contributed by atoms with Gasteiger partial charge in [0.1, 0.15) is 11.3 Å². The van der Waals surface area contributed by atoms with Crippen LogP contribution in [0.5, 0.6) is 0 Å². The van der Waals surface area contributed by atoms with Crippen LogP contribution in [0.15, 0.2) is 18.3 Å². The van der Waals surface area contributed by atoms with E-state index in [0.717, 1.165) is 43.8 Å². The molecule has 22 heavy (non-hydrogen) atoms. The Hall–Kier alpha value is -1.46. The highest BCUT2D eigenvalue weighted by Crippen LogP contribution is 2.34. The number of fused-ring (bicyclic) bond motifs is 1. The van der Waals surface area contributed by atoms with Crippen LogP contribution in [0, 0.1) is 0 Å². The Bertz CT molecular complexity index is 647. The molecule has 0 aromatic carbocycles. The van der Waals surface area contributed by atoms with Crippen molar-refractivity contribution in [2.24, 2.45) is 0 Å². The minimum Gasteiger partial charge on any atom is -0.379 e. The summed E-state index contributed by atoms with van der Waals surface area (Å²) in [4.78, 5) is 12.0. The lowest BCUT2D eigenvalue weighted by Crippen LogP contribution is -2.33. The van der Waals surface area contributed by atoms with Crippen molar-refractivity contribution >= 4 is 11.2 Å². The Kier molecular flexibility index (Phi) is 3.84. The minimum atomic E-state index is 0.374. The van der Waals surface area contributed by atoms with Gasteiger partial charge in [0.05, 0.1) is 18.7 Å². The molecule has 0 saturated carbocycles. The molecule has 2 fully saturated rings. The van der Waals surface area contributed by atoms with E-state index in [1.165, 1.54) is 25.1 Å². The lowest BCUT2D eigenvalue weighted by molar-refractivity contribution is 0.0566. The molecular formula is C17H24N4O. The number of hydrogen-bond donors (Lipinski definition) is 0. The monoisotopic (exact) mass is 300 g/mol. The van der Waals surface area contributed by atoms with Crippen molar-refractivity contribution in [1.82, 2.24) is 19.4 Å². The zero-order valence-electron chi connectivity index (χ0n) is 13.2. The molecule has 0 N–H and O–H groups in total. The van der Waals surface area contributed by atoms with Gasteiger partial charge in [0.25, 0.3) is 0 Å². The van der Waals surface area contributed by atoms with Crippen LogP contribution in [0.4, 0.5) is 0 Å². The molecule has 0 radical (unpaired) electrons. The second-order valence-electron chi connectivity index (χ2n) is 6.55. The van der Waals surface area contributed by atoms with Crippen molar-refractivity contribution < 1.29 is 4.74 Å². The molecule has 118 valence electrons. The van der Waals surface area contributed by atoms with E-state index in [4.69, 9.17) is 9.72 Å². The van der Waals surface area contributed by atoms with Gasteiger partial charge in [-0.2, -0.15) is 0 Å². The van der Waals surface area contributed by atoms with Crippen LogP contribution < -0.4 is 0 Å². The molecule has 2 aliphatic heterocycles. The molecule has 4 rings (SSSR count). The third kappa shape index (κ3) is 2.42. The molecule has 2 unspecified atom stereocenters. The van der Waals surface area contributed by atoms with Gasteiger partial charge < -0.3 is 9.30 Å². The van der Waals surface area contributed by atoms with E-state index < -0.39 is 0 Å². The fraction of sp³-hybridized carbons (Fsp3) is 0.647. The molecule has 2 aliphatic rings. The Morgan fingerprint density at radius 2 is 2.18 bits per heavy atom. The maximum Gasteiger partial charge on any atom is 0.160 e. The van der Waals surface area contributed by atoms with E-state index >= 15 is 0 Å². The summed E-state index contributed by atoms with van der Waals surface area (Å²) in [5.74, 6) is 1.19. The molecule has 5 nitrogen and oxygen atoms in total. The van der Waals surface area contributed by atoms with Crippen molar-refractivity contribution in [2.75, 3.05) is 26.8 Å². The van der Waals surface area contributed by atoms with Crippen LogP contribution in [-0.4, -0.2) is 46.2 Å². The largest absolute Gasteiger partial charge is 0.379 e. The number of rotatable bonds is 2. The molecule has 2 aromatic heterocycles. The fourth-order valence-corrected chi connectivity index (χ4v) is 3.87. The highest BCUT2D eigenvalue weighted by Gasteiger charge is 2.30. The lowest BCUT2D eigenvalue weighted by atomic mass is 10.0. The zero-order chi connectivity index (χ0) is 14.9. The molecule has 4 heterocycles. The second kappa shape index (κ2) is 5.97. The first kappa shape index (κ1) is 14.2. The molecule has 0 bridgehead atoms. The van der Waals surface area contributed by atoms with Gasteiger partial charge in [-0.05, 0) is 51.4 Å². The van der Waals surface area contributed by atoms with Gasteiger partial charge in [0.2, 0.25) is 0 Å². The average Bonchev–Trinajstić information content (AvgIpc) is 2.95. The van der Waals surface area contributed by atoms with Gasteiger partial charge in [-0.15, -0.1) is 0 Å². The third-order valence-corrected chi connectivity index (χ3v) is 5.05. The lowest BCUT2D eigenvalue weighted by Gasteiger charge is -2.34. The van der Waals surface area contributed by atoms with Gasteiger partial charge >= 0.3 is 0 Å². The van der Waals surface area contributed by atoms with Crippen LogP contribution in [0.3, 0.4) is 0 Å². The van der Waals surface area contributed by atoms with Crippen molar-refractivity contribution in [3.63, 3.8) is 0 Å². The zero-order valence-corrected chi connectivity index (χ0v) is 13.2. The van der Waals surface area contributed by atoms with Crippen molar-refractivity contribution in [3.8, 4) is 0 Å². The van der Waals surface area contributed by atoms with Crippen LogP contribution in [0.1, 0.15) is 50.0 Å². The fourth-order valence-electron chi connectivity index (χ4n) is 3.87. The Labute approximate surface area is 131 Å². The molecular weight excluding hydrogens is 276 g/mol. The summed E-state index contributed by atoms with van der Waals surface area (Å²) in [6.45, 7) is 2.82. The molecule has 0 spiro atoms. The van der Waals surface area contributed by atoms with Crippen molar-refractivity contribution in [2.45, 2.75) is 44.2 Å². The summed E-state index contributed by atoms with van der Waals surface area (Å²) in [5.41, 5.74) is 2.04. The quantitative estimate of drug-likeness (QED) is 0.855. The van der Waals surface area contributed by atoms with Gasteiger partial charge in [0.15, 0.2) is 5.65 Å². The smallest absolute Gasteiger partial charge is 0.160 e. The number of aromatic nitrogens is 3. The van der Waals surface area contributed by atoms with Crippen LogP contribution in [0.2, 0.25) is 0 Å². The summed E-state index contributed by atoms with van der Waals surface area (Å²) in [6.07, 6.45) is 7.92. The minimum absolute atomic E-state index is 0.374. The van der Waals surface area contributed by atoms with Crippen molar-refractivity contribution in [1.29, 1.82) is 0 Å². The SMILES string of the molecule is CN1CCCCC1c1nc2cccnc2n1C1CCCOC1. The summed E-state index contributed by atoms with van der Waals surface area (Å²) in [7, 11) is 2.22. The molecule has 5 heteroatoms. The van der Waals surface area contributed by atoms with E-state index in [1.807, 2.05) is 12.3 Å². The third-order valence-electron chi connectivity index (χ3n) is 5.05. The number of nitrogens with zero attached hydrogens (tertiary/aromatic N) is 4. The predicted molar refractivity (Wildman–Crippen MR) is 85.8 cm³/mol. The van der Waals surface area contributed by atoms with Crippen LogP contribution in [0.25, 0.3) is 11.2 Å². The number of piperidine rings is 1. The predicted octanol–water partition coefficient (Wildman–Crippen LogP) is 2.94. The van der Waals surface area contributed by atoms with Gasteiger partial charge in [0, 0.05) is 12.8 Å². The molecule has 2 atom stereocenters. The highest BCUT2D eigenvalue weighted by molar-refractivity contribution is 5.71. The van der Waals surface area contributed by atoms with E-state index in [0.29, 0.717) is 12.1 Å². The van der Waals surface area contributed by atoms with Gasteiger partial charge in [-0.3, -0.25) is 4.90 Å². The first-order chi connectivity index (χ1) is 10.8. The maximum atomic E-state index is 5.73. The molecule has 0 amide bonds. The number of pyridine rings is 1. The average molecular weight is 300 g/mol. The highest BCUT2D eigenvalue weighted by atomic mass is 16.5. The van der Waals surface area contributed by atoms with E-state index in [9.17, 15) is 0 Å².